The standard InChI is InChI=1S/C24H26N4/c1-18-21(15-10-16-27(2)3)24-25-22(19-11-6-4-7-12-19)17-23(28(24)26-18)20-13-8-5-9-14-20/h4-9,11-14,17H,10,15-16H2,1-3H3. The van der Waals surface area contributed by atoms with Gasteiger partial charge in [0, 0.05) is 16.7 Å². The van der Waals surface area contributed by atoms with Gasteiger partial charge in [-0.1, -0.05) is 60.7 Å². The van der Waals surface area contributed by atoms with Gasteiger partial charge in [-0.2, -0.15) is 5.10 Å². The third-order valence-corrected chi connectivity index (χ3v) is 5.06. The Kier molecular flexibility index (Phi) is 5.22. The van der Waals surface area contributed by atoms with Crippen LogP contribution in [0.3, 0.4) is 0 Å². The smallest absolute Gasteiger partial charge is 0.159 e. The lowest BCUT2D eigenvalue weighted by Gasteiger charge is -2.10. The summed E-state index contributed by atoms with van der Waals surface area (Å²) in [5, 5.41) is 4.86. The molecule has 0 unspecified atom stereocenters. The number of fused-ring (bicyclic) bond motifs is 1. The Labute approximate surface area is 166 Å². The van der Waals surface area contributed by atoms with Gasteiger partial charge in [0.1, 0.15) is 0 Å². The average Bonchev–Trinajstić information content (AvgIpc) is 3.04. The molecule has 0 spiro atoms. The van der Waals surface area contributed by atoms with E-state index in [1.54, 1.807) is 0 Å². The van der Waals surface area contributed by atoms with Crippen molar-refractivity contribution in [2.24, 2.45) is 0 Å². The number of aromatic nitrogens is 3. The summed E-state index contributed by atoms with van der Waals surface area (Å²) in [6, 6.07) is 23.0. The van der Waals surface area contributed by atoms with Gasteiger partial charge in [0.25, 0.3) is 0 Å². The predicted molar refractivity (Wildman–Crippen MR) is 115 cm³/mol. The first-order chi connectivity index (χ1) is 13.6. The van der Waals surface area contributed by atoms with Crippen molar-refractivity contribution >= 4 is 5.65 Å². The minimum Gasteiger partial charge on any atom is -0.309 e. The Bertz CT molecular complexity index is 1070. The summed E-state index contributed by atoms with van der Waals surface area (Å²) >= 11 is 0. The molecule has 4 rings (SSSR count). The Balaban J connectivity index is 1.89. The summed E-state index contributed by atoms with van der Waals surface area (Å²) in [7, 11) is 4.23. The number of aryl methyl sites for hydroxylation is 2. The number of benzene rings is 2. The van der Waals surface area contributed by atoms with Crippen LogP contribution in [0.15, 0.2) is 66.7 Å². The van der Waals surface area contributed by atoms with Crippen LogP contribution in [0.1, 0.15) is 17.7 Å². The zero-order chi connectivity index (χ0) is 19.5. The highest BCUT2D eigenvalue weighted by Crippen LogP contribution is 2.28. The van der Waals surface area contributed by atoms with Gasteiger partial charge in [0.2, 0.25) is 0 Å². The molecule has 2 aromatic carbocycles. The molecule has 0 amide bonds. The Hall–Kier alpha value is -2.98. The summed E-state index contributed by atoms with van der Waals surface area (Å²) in [5.41, 5.74) is 7.61. The SMILES string of the molecule is Cc1nn2c(-c3ccccc3)cc(-c3ccccc3)nc2c1CCCN(C)C. The van der Waals surface area contributed by atoms with Gasteiger partial charge >= 0.3 is 0 Å². The summed E-state index contributed by atoms with van der Waals surface area (Å²) in [6.45, 7) is 3.15. The predicted octanol–water partition coefficient (Wildman–Crippen LogP) is 4.87. The summed E-state index contributed by atoms with van der Waals surface area (Å²) in [6.07, 6.45) is 2.07. The van der Waals surface area contributed by atoms with Crippen LogP contribution in [0, 0.1) is 6.92 Å². The third kappa shape index (κ3) is 3.69. The van der Waals surface area contributed by atoms with Crippen LogP contribution in [0.2, 0.25) is 0 Å². The maximum absolute atomic E-state index is 5.04. The second-order valence-electron chi connectivity index (χ2n) is 7.46. The molecular formula is C24H26N4. The minimum absolute atomic E-state index is 0.969. The van der Waals surface area contributed by atoms with Crippen molar-refractivity contribution in [3.63, 3.8) is 0 Å². The van der Waals surface area contributed by atoms with Gasteiger partial charge in [-0.05, 0) is 46.5 Å². The molecule has 0 atom stereocenters. The summed E-state index contributed by atoms with van der Waals surface area (Å²) in [5.74, 6) is 0. The van der Waals surface area contributed by atoms with E-state index in [0.717, 1.165) is 53.2 Å². The van der Waals surface area contributed by atoms with Gasteiger partial charge in [0.05, 0.1) is 17.1 Å². The van der Waals surface area contributed by atoms with E-state index in [1.807, 2.05) is 16.6 Å². The largest absolute Gasteiger partial charge is 0.309 e. The summed E-state index contributed by atoms with van der Waals surface area (Å²) in [4.78, 5) is 7.26. The highest BCUT2D eigenvalue weighted by atomic mass is 15.3. The molecule has 0 radical (unpaired) electrons. The third-order valence-electron chi connectivity index (χ3n) is 5.06. The Morgan fingerprint density at radius 2 is 1.54 bits per heavy atom. The molecule has 2 heterocycles. The fourth-order valence-corrected chi connectivity index (χ4v) is 3.60. The van der Waals surface area contributed by atoms with E-state index in [4.69, 9.17) is 10.1 Å². The van der Waals surface area contributed by atoms with Gasteiger partial charge in [0.15, 0.2) is 5.65 Å². The van der Waals surface area contributed by atoms with Crippen LogP contribution in [0.4, 0.5) is 0 Å². The monoisotopic (exact) mass is 370 g/mol. The average molecular weight is 371 g/mol. The van der Waals surface area contributed by atoms with E-state index in [9.17, 15) is 0 Å². The Morgan fingerprint density at radius 1 is 0.893 bits per heavy atom. The zero-order valence-electron chi connectivity index (χ0n) is 16.8. The number of rotatable bonds is 6. The van der Waals surface area contributed by atoms with E-state index in [0.29, 0.717) is 0 Å². The van der Waals surface area contributed by atoms with Crippen LogP contribution in [-0.4, -0.2) is 40.1 Å². The normalized spacial score (nSPS) is 11.4. The van der Waals surface area contributed by atoms with Crippen LogP contribution >= 0.6 is 0 Å². The van der Waals surface area contributed by atoms with Crippen molar-refractivity contribution in [3.05, 3.63) is 78.0 Å². The van der Waals surface area contributed by atoms with E-state index in [2.05, 4.69) is 80.5 Å². The van der Waals surface area contributed by atoms with Gasteiger partial charge in [-0.25, -0.2) is 9.50 Å². The highest BCUT2D eigenvalue weighted by Gasteiger charge is 2.16. The maximum atomic E-state index is 5.04. The second kappa shape index (κ2) is 7.95. The van der Waals surface area contributed by atoms with Gasteiger partial charge < -0.3 is 4.90 Å². The lowest BCUT2D eigenvalue weighted by atomic mass is 10.1. The van der Waals surface area contributed by atoms with Crippen LogP contribution in [-0.2, 0) is 6.42 Å². The fourth-order valence-electron chi connectivity index (χ4n) is 3.60. The highest BCUT2D eigenvalue weighted by molar-refractivity contribution is 5.72. The van der Waals surface area contributed by atoms with Crippen molar-refractivity contribution in [2.75, 3.05) is 20.6 Å². The molecule has 0 saturated carbocycles. The molecule has 0 aliphatic heterocycles. The molecule has 142 valence electrons. The topological polar surface area (TPSA) is 33.4 Å². The summed E-state index contributed by atoms with van der Waals surface area (Å²) < 4.78 is 2.02. The molecule has 2 aromatic heterocycles. The minimum atomic E-state index is 0.969. The van der Waals surface area contributed by atoms with Crippen molar-refractivity contribution in [1.82, 2.24) is 19.5 Å². The van der Waals surface area contributed by atoms with E-state index in [-0.39, 0.29) is 0 Å². The first kappa shape index (κ1) is 18.4. The molecule has 28 heavy (non-hydrogen) atoms. The molecule has 0 bridgehead atoms. The molecular weight excluding hydrogens is 344 g/mol. The van der Waals surface area contributed by atoms with E-state index < -0.39 is 0 Å². The molecule has 0 fully saturated rings. The van der Waals surface area contributed by atoms with Crippen molar-refractivity contribution in [2.45, 2.75) is 19.8 Å². The zero-order valence-corrected chi connectivity index (χ0v) is 16.8. The molecule has 0 aliphatic carbocycles. The second-order valence-corrected chi connectivity index (χ2v) is 7.46. The number of hydrogen-bond acceptors (Lipinski definition) is 3. The fraction of sp³-hybridized carbons (Fsp3) is 0.250. The molecule has 4 heteroatoms. The van der Waals surface area contributed by atoms with Crippen molar-refractivity contribution in [3.8, 4) is 22.5 Å². The van der Waals surface area contributed by atoms with Crippen molar-refractivity contribution in [1.29, 1.82) is 0 Å². The molecule has 4 aromatic rings. The lowest BCUT2D eigenvalue weighted by molar-refractivity contribution is 0.400. The van der Waals surface area contributed by atoms with Crippen LogP contribution in [0.5, 0.6) is 0 Å². The van der Waals surface area contributed by atoms with Crippen LogP contribution < -0.4 is 0 Å². The first-order valence-electron chi connectivity index (χ1n) is 9.78. The maximum Gasteiger partial charge on any atom is 0.159 e. The lowest BCUT2D eigenvalue weighted by Crippen LogP contribution is -2.13. The molecule has 4 nitrogen and oxygen atoms in total. The van der Waals surface area contributed by atoms with Gasteiger partial charge in [-0.15, -0.1) is 0 Å². The van der Waals surface area contributed by atoms with E-state index >= 15 is 0 Å². The number of nitrogens with zero attached hydrogens (tertiary/aromatic N) is 4. The van der Waals surface area contributed by atoms with E-state index in [1.165, 1.54) is 5.56 Å². The number of hydrogen-bond donors (Lipinski definition) is 0. The van der Waals surface area contributed by atoms with Crippen LogP contribution in [0.25, 0.3) is 28.2 Å². The molecule has 0 saturated heterocycles. The Morgan fingerprint density at radius 3 is 2.18 bits per heavy atom. The van der Waals surface area contributed by atoms with Gasteiger partial charge in [-0.3, -0.25) is 0 Å². The quantitative estimate of drug-likeness (QED) is 0.486. The molecule has 0 aliphatic rings. The van der Waals surface area contributed by atoms with Crippen molar-refractivity contribution < 1.29 is 0 Å². The molecule has 0 N–H and O–H groups in total. The first-order valence-corrected chi connectivity index (χ1v) is 9.78.